The highest BCUT2D eigenvalue weighted by molar-refractivity contribution is 5.36. The molecule has 1 aromatic rings. The Morgan fingerprint density at radius 3 is 2.62 bits per heavy atom. The minimum absolute atomic E-state index is 0.468. The minimum atomic E-state index is 0.468. The number of rotatable bonds is 3. The highest BCUT2D eigenvalue weighted by Crippen LogP contribution is 2.27. The molecule has 0 aromatic carbocycles. The molecule has 16 heavy (non-hydrogen) atoms. The third kappa shape index (κ3) is 2.84. The van der Waals surface area contributed by atoms with E-state index in [-0.39, 0.29) is 0 Å². The van der Waals surface area contributed by atoms with E-state index in [0.29, 0.717) is 11.9 Å². The van der Waals surface area contributed by atoms with E-state index in [2.05, 4.69) is 22.2 Å². The number of anilines is 2. The lowest BCUT2D eigenvalue weighted by molar-refractivity contribution is 0.328. The van der Waals surface area contributed by atoms with Gasteiger partial charge in [-0.05, 0) is 25.7 Å². The molecule has 0 aliphatic heterocycles. The van der Waals surface area contributed by atoms with Crippen molar-refractivity contribution in [1.29, 1.82) is 0 Å². The number of hydrogen-bond acceptors (Lipinski definition) is 4. The Balaban J connectivity index is 1.90. The van der Waals surface area contributed by atoms with Crippen LogP contribution in [-0.2, 0) is 0 Å². The standard InChI is InChI=1S/C12H20N4/c1-9(10-5-3-2-4-6-10)16-12-8-14-11(13)7-15-12/h7-10H,2-6H2,1H3,(H2,13,14)(H,15,16). The highest BCUT2D eigenvalue weighted by Gasteiger charge is 2.19. The van der Waals surface area contributed by atoms with Gasteiger partial charge in [-0.2, -0.15) is 0 Å². The molecule has 0 amide bonds. The van der Waals surface area contributed by atoms with Gasteiger partial charge in [-0.15, -0.1) is 0 Å². The fourth-order valence-electron chi connectivity index (χ4n) is 2.40. The Hall–Kier alpha value is -1.32. The van der Waals surface area contributed by atoms with Crippen molar-refractivity contribution >= 4 is 11.6 Å². The molecule has 1 aromatic heterocycles. The molecular formula is C12H20N4. The van der Waals surface area contributed by atoms with E-state index in [9.17, 15) is 0 Å². The lowest BCUT2D eigenvalue weighted by Gasteiger charge is -2.28. The Labute approximate surface area is 96.7 Å². The first-order chi connectivity index (χ1) is 7.75. The van der Waals surface area contributed by atoms with Crippen LogP contribution < -0.4 is 11.1 Å². The second-order valence-electron chi connectivity index (χ2n) is 4.66. The van der Waals surface area contributed by atoms with Gasteiger partial charge in [0.25, 0.3) is 0 Å². The number of nitrogen functional groups attached to an aromatic ring is 1. The van der Waals surface area contributed by atoms with Gasteiger partial charge in [0.15, 0.2) is 0 Å². The number of nitrogens with two attached hydrogens (primary N) is 1. The summed E-state index contributed by atoms with van der Waals surface area (Å²) in [6.07, 6.45) is 10.1. The molecular weight excluding hydrogens is 200 g/mol. The van der Waals surface area contributed by atoms with Gasteiger partial charge in [-0.25, -0.2) is 9.97 Å². The average Bonchev–Trinajstić information content (AvgIpc) is 2.33. The van der Waals surface area contributed by atoms with Gasteiger partial charge in [-0.1, -0.05) is 19.3 Å². The van der Waals surface area contributed by atoms with Gasteiger partial charge in [0.1, 0.15) is 11.6 Å². The zero-order valence-electron chi connectivity index (χ0n) is 9.82. The van der Waals surface area contributed by atoms with Gasteiger partial charge in [0.05, 0.1) is 12.4 Å². The second kappa shape index (κ2) is 5.14. The van der Waals surface area contributed by atoms with Crippen molar-refractivity contribution in [3.63, 3.8) is 0 Å². The summed E-state index contributed by atoms with van der Waals surface area (Å²) in [5.74, 6) is 2.07. The van der Waals surface area contributed by atoms with Crippen LogP contribution in [0.4, 0.5) is 11.6 Å². The Bertz CT molecular complexity index is 316. The van der Waals surface area contributed by atoms with Gasteiger partial charge in [0.2, 0.25) is 0 Å². The van der Waals surface area contributed by atoms with Crippen molar-refractivity contribution in [3.05, 3.63) is 12.4 Å². The summed E-state index contributed by atoms with van der Waals surface area (Å²) in [7, 11) is 0. The molecule has 1 aliphatic carbocycles. The lowest BCUT2D eigenvalue weighted by atomic mass is 9.84. The van der Waals surface area contributed by atoms with E-state index in [4.69, 9.17) is 5.73 Å². The van der Waals surface area contributed by atoms with Crippen LogP contribution in [0.1, 0.15) is 39.0 Å². The summed E-state index contributed by atoms with van der Waals surface area (Å²) in [5.41, 5.74) is 5.50. The van der Waals surface area contributed by atoms with Crippen molar-refractivity contribution in [3.8, 4) is 0 Å². The van der Waals surface area contributed by atoms with Crippen LogP contribution in [0, 0.1) is 5.92 Å². The predicted octanol–water partition coefficient (Wildman–Crippen LogP) is 2.44. The van der Waals surface area contributed by atoms with E-state index < -0.39 is 0 Å². The Morgan fingerprint density at radius 1 is 1.25 bits per heavy atom. The van der Waals surface area contributed by atoms with E-state index in [1.54, 1.807) is 12.4 Å². The van der Waals surface area contributed by atoms with Crippen LogP contribution in [0.25, 0.3) is 0 Å². The zero-order valence-corrected chi connectivity index (χ0v) is 9.82. The molecule has 4 nitrogen and oxygen atoms in total. The molecule has 0 radical (unpaired) electrons. The van der Waals surface area contributed by atoms with Crippen LogP contribution in [0.3, 0.4) is 0 Å². The SMILES string of the molecule is CC(Nc1cnc(N)cn1)C1CCCCC1. The fraction of sp³-hybridized carbons (Fsp3) is 0.667. The van der Waals surface area contributed by atoms with Crippen molar-refractivity contribution < 1.29 is 0 Å². The molecule has 1 heterocycles. The molecule has 0 saturated heterocycles. The summed E-state index contributed by atoms with van der Waals surface area (Å²) in [6.45, 7) is 2.23. The summed E-state index contributed by atoms with van der Waals surface area (Å²) in [4.78, 5) is 8.24. The molecule has 3 N–H and O–H groups in total. The topological polar surface area (TPSA) is 63.8 Å². The summed E-state index contributed by atoms with van der Waals surface area (Å²) in [6, 6.07) is 0.471. The van der Waals surface area contributed by atoms with Gasteiger partial charge < -0.3 is 11.1 Å². The third-order valence-corrected chi connectivity index (χ3v) is 3.40. The molecule has 0 spiro atoms. The molecule has 1 aliphatic rings. The monoisotopic (exact) mass is 220 g/mol. The fourth-order valence-corrected chi connectivity index (χ4v) is 2.40. The van der Waals surface area contributed by atoms with Crippen molar-refractivity contribution in [1.82, 2.24) is 9.97 Å². The number of aromatic nitrogens is 2. The third-order valence-electron chi connectivity index (χ3n) is 3.40. The number of nitrogens with one attached hydrogen (secondary N) is 1. The molecule has 1 saturated carbocycles. The highest BCUT2D eigenvalue weighted by atomic mass is 15.0. The summed E-state index contributed by atoms with van der Waals surface area (Å²) >= 11 is 0. The van der Waals surface area contributed by atoms with E-state index in [1.807, 2.05) is 0 Å². The van der Waals surface area contributed by atoms with E-state index in [1.165, 1.54) is 32.1 Å². The normalized spacial score (nSPS) is 19.3. The smallest absolute Gasteiger partial charge is 0.144 e. The Kier molecular flexibility index (Phi) is 3.59. The Morgan fingerprint density at radius 2 is 2.00 bits per heavy atom. The average molecular weight is 220 g/mol. The minimum Gasteiger partial charge on any atom is -0.382 e. The largest absolute Gasteiger partial charge is 0.382 e. The van der Waals surface area contributed by atoms with Crippen LogP contribution >= 0.6 is 0 Å². The zero-order chi connectivity index (χ0) is 11.4. The summed E-state index contributed by atoms with van der Waals surface area (Å²) < 4.78 is 0. The maximum absolute atomic E-state index is 5.50. The molecule has 88 valence electrons. The first-order valence-corrected chi connectivity index (χ1v) is 6.10. The van der Waals surface area contributed by atoms with Crippen LogP contribution in [0.15, 0.2) is 12.4 Å². The van der Waals surface area contributed by atoms with Crippen LogP contribution in [-0.4, -0.2) is 16.0 Å². The first kappa shape index (κ1) is 11.2. The summed E-state index contributed by atoms with van der Waals surface area (Å²) in [5, 5.41) is 3.41. The van der Waals surface area contributed by atoms with Gasteiger partial charge in [0, 0.05) is 6.04 Å². The molecule has 0 bridgehead atoms. The maximum atomic E-state index is 5.50. The van der Waals surface area contributed by atoms with Crippen molar-refractivity contribution in [2.75, 3.05) is 11.1 Å². The molecule has 1 fully saturated rings. The van der Waals surface area contributed by atoms with Crippen molar-refractivity contribution in [2.24, 2.45) is 5.92 Å². The predicted molar refractivity (Wildman–Crippen MR) is 66.1 cm³/mol. The second-order valence-corrected chi connectivity index (χ2v) is 4.66. The molecule has 2 rings (SSSR count). The molecule has 1 atom stereocenters. The number of hydrogen-bond donors (Lipinski definition) is 2. The number of nitrogens with zero attached hydrogens (tertiary/aromatic N) is 2. The van der Waals surface area contributed by atoms with E-state index in [0.717, 1.165) is 11.7 Å². The maximum Gasteiger partial charge on any atom is 0.144 e. The molecule has 1 unspecified atom stereocenters. The molecule has 4 heteroatoms. The van der Waals surface area contributed by atoms with Crippen molar-refractivity contribution in [2.45, 2.75) is 45.1 Å². The van der Waals surface area contributed by atoms with E-state index >= 15 is 0 Å². The van der Waals surface area contributed by atoms with Gasteiger partial charge >= 0.3 is 0 Å². The quantitative estimate of drug-likeness (QED) is 0.821. The first-order valence-electron chi connectivity index (χ1n) is 6.10. The van der Waals surface area contributed by atoms with Crippen LogP contribution in [0.2, 0.25) is 0 Å². The van der Waals surface area contributed by atoms with Crippen LogP contribution in [0.5, 0.6) is 0 Å². The van der Waals surface area contributed by atoms with Gasteiger partial charge in [-0.3, -0.25) is 0 Å². The lowest BCUT2D eigenvalue weighted by Crippen LogP contribution is -2.28.